The summed E-state index contributed by atoms with van der Waals surface area (Å²) in [6.07, 6.45) is 1.72. The number of amides is 1. The first-order valence-electron chi connectivity index (χ1n) is 9.04. The second kappa shape index (κ2) is 10.9. The average molecular weight is 423 g/mol. The molecule has 0 aliphatic heterocycles. The number of halogens is 2. The van der Waals surface area contributed by atoms with Crippen LogP contribution in [0.5, 0.6) is 11.5 Å². The molecule has 28 heavy (non-hydrogen) atoms. The summed E-state index contributed by atoms with van der Waals surface area (Å²) in [5.41, 5.74) is 4.05. The number of rotatable bonds is 9. The number of carbonyl (C=O) groups is 1. The van der Waals surface area contributed by atoms with Gasteiger partial charge < -0.3 is 9.47 Å². The predicted molar refractivity (Wildman–Crippen MR) is 114 cm³/mol. The van der Waals surface area contributed by atoms with Gasteiger partial charge >= 0.3 is 0 Å². The molecule has 0 atom stereocenters. The molecular formula is C21H24Cl2N2O3. The van der Waals surface area contributed by atoms with Crippen LogP contribution < -0.4 is 14.9 Å². The van der Waals surface area contributed by atoms with Crippen LogP contribution in [0.4, 0.5) is 0 Å². The van der Waals surface area contributed by atoms with Gasteiger partial charge in [-0.25, -0.2) is 5.43 Å². The van der Waals surface area contributed by atoms with Crippen LogP contribution in [-0.4, -0.2) is 25.3 Å². The van der Waals surface area contributed by atoms with Crippen LogP contribution in [0, 0.1) is 5.92 Å². The van der Waals surface area contributed by atoms with E-state index < -0.39 is 0 Å². The molecule has 0 radical (unpaired) electrons. The van der Waals surface area contributed by atoms with Crippen LogP contribution in [-0.2, 0) is 11.2 Å². The third-order valence-corrected chi connectivity index (χ3v) is 4.11. The van der Waals surface area contributed by atoms with E-state index in [1.807, 2.05) is 6.92 Å². The van der Waals surface area contributed by atoms with E-state index in [-0.39, 0.29) is 12.3 Å². The minimum atomic E-state index is -0.230. The second-order valence-electron chi connectivity index (χ2n) is 6.56. The van der Waals surface area contributed by atoms with Gasteiger partial charge in [0.2, 0.25) is 5.91 Å². The monoisotopic (exact) mass is 422 g/mol. The summed E-state index contributed by atoms with van der Waals surface area (Å²) in [6.45, 7) is 7.02. The van der Waals surface area contributed by atoms with Crippen LogP contribution in [0.25, 0.3) is 0 Å². The fraction of sp³-hybridized carbons (Fsp3) is 0.333. The molecule has 2 aromatic rings. The molecule has 0 unspecified atom stereocenters. The summed E-state index contributed by atoms with van der Waals surface area (Å²) in [5, 5.41) is 5.06. The molecule has 0 aromatic heterocycles. The molecule has 2 aromatic carbocycles. The lowest BCUT2D eigenvalue weighted by molar-refractivity contribution is -0.120. The summed E-state index contributed by atoms with van der Waals surface area (Å²) >= 11 is 12.2. The zero-order chi connectivity index (χ0) is 20.5. The smallest absolute Gasteiger partial charge is 0.244 e. The quantitative estimate of drug-likeness (QED) is 0.450. The Morgan fingerprint density at radius 3 is 2.54 bits per heavy atom. The normalized spacial score (nSPS) is 11.1. The zero-order valence-electron chi connectivity index (χ0n) is 16.2. The number of benzene rings is 2. The van der Waals surface area contributed by atoms with E-state index in [0.717, 1.165) is 5.56 Å². The maximum atomic E-state index is 12.0. The zero-order valence-corrected chi connectivity index (χ0v) is 17.7. The molecule has 1 amide bonds. The van der Waals surface area contributed by atoms with Crippen molar-refractivity contribution in [2.75, 3.05) is 13.2 Å². The van der Waals surface area contributed by atoms with E-state index >= 15 is 0 Å². The molecule has 0 saturated heterocycles. The lowest BCUT2D eigenvalue weighted by atomic mass is 10.1. The molecule has 0 fully saturated rings. The Bertz CT molecular complexity index is 821. The van der Waals surface area contributed by atoms with E-state index in [2.05, 4.69) is 24.4 Å². The molecule has 0 heterocycles. The van der Waals surface area contributed by atoms with Gasteiger partial charge in [0.25, 0.3) is 0 Å². The molecular weight excluding hydrogens is 399 g/mol. The van der Waals surface area contributed by atoms with Crippen LogP contribution in [0.2, 0.25) is 10.0 Å². The molecule has 150 valence electrons. The van der Waals surface area contributed by atoms with Gasteiger partial charge in [-0.05, 0) is 48.2 Å². The van der Waals surface area contributed by atoms with E-state index in [4.69, 9.17) is 32.7 Å². The summed E-state index contributed by atoms with van der Waals surface area (Å²) in [7, 11) is 0. The van der Waals surface area contributed by atoms with Gasteiger partial charge in [-0.3, -0.25) is 4.79 Å². The van der Waals surface area contributed by atoms with Crippen LogP contribution >= 0.6 is 23.2 Å². The highest BCUT2D eigenvalue weighted by atomic mass is 35.5. The highest BCUT2D eigenvalue weighted by Gasteiger charge is 2.13. The Morgan fingerprint density at radius 1 is 1.18 bits per heavy atom. The van der Waals surface area contributed by atoms with Crippen molar-refractivity contribution in [3.63, 3.8) is 0 Å². The average Bonchev–Trinajstić information content (AvgIpc) is 2.63. The van der Waals surface area contributed by atoms with Crippen LogP contribution in [0.3, 0.4) is 0 Å². The summed E-state index contributed by atoms with van der Waals surface area (Å²) < 4.78 is 11.4. The van der Waals surface area contributed by atoms with Crippen molar-refractivity contribution in [1.29, 1.82) is 0 Å². The van der Waals surface area contributed by atoms with Gasteiger partial charge in [-0.2, -0.15) is 5.10 Å². The molecule has 0 aliphatic rings. The van der Waals surface area contributed by atoms with Gasteiger partial charge in [0, 0.05) is 5.02 Å². The summed E-state index contributed by atoms with van der Waals surface area (Å²) in [4.78, 5) is 12.0. The maximum Gasteiger partial charge on any atom is 0.244 e. The number of hydrogen-bond acceptors (Lipinski definition) is 4. The molecule has 1 N–H and O–H groups in total. The second-order valence-corrected chi connectivity index (χ2v) is 7.41. The number of ether oxygens (including phenoxy) is 2. The SMILES string of the molecule is CCOc1cc(/C=N\NC(=O)Cc2ccc(Cl)cc2)cc(Cl)c1OCC(C)C. The van der Waals surface area contributed by atoms with Crippen molar-refractivity contribution >= 4 is 35.3 Å². The molecule has 0 aliphatic carbocycles. The van der Waals surface area contributed by atoms with Crippen molar-refractivity contribution in [2.24, 2.45) is 11.0 Å². The lowest BCUT2D eigenvalue weighted by Crippen LogP contribution is -2.19. The summed E-state index contributed by atoms with van der Waals surface area (Å²) in [6, 6.07) is 10.6. The lowest BCUT2D eigenvalue weighted by Gasteiger charge is -2.15. The third kappa shape index (κ3) is 7.06. The Labute approximate surface area is 175 Å². The Hall–Kier alpha value is -2.24. The highest BCUT2D eigenvalue weighted by molar-refractivity contribution is 6.32. The number of hydrazone groups is 1. The van der Waals surface area contributed by atoms with E-state index in [9.17, 15) is 4.79 Å². The Balaban J connectivity index is 2.03. The first kappa shape index (κ1) is 22.1. The largest absolute Gasteiger partial charge is 0.490 e. The molecule has 0 saturated carbocycles. The summed E-state index contributed by atoms with van der Waals surface area (Å²) in [5.74, 6) is 1.19. The van der Waals surface area contributed by atoms with Crippen molar-refractivity contribution in [2.45, 2.75) is 27.2 Å². The van der Waals surface area contributed by atoms with Crippen molar-refractivity contribution in [1.82, 2.24) is 5.43 Å². The van der Waals surface area contributed by atoms with E-state index in [0.29, 0.717) is 46.2 Å². The van der Waals surface area contributed by atoms with E-state index in [1.165, 1.54) is 6.21 Å². The minimum Gasteiger partial charge on any atom is -0.490 e. The molecule has 0 bridgehead atoms. The fourth-order valence-electron chi connectivity index (χ4n) is 2.32. The van der Waals surface area contributed by atoms with Gasteiger partial charge in [-0.15, -0.1) is 0 Å². The van der Waals surface area contributed by atoms with Gasteiger partial charge in [0.15, 0.2) is 11.5 Å². The topological polar surface area (TPSA) is 59.9 Å². The minimum absolute atomic E-state index is 0.210. The molecule has 0 spiro atoms. The van der Waals surface area contributed by atoms with E-state index in [1.54, 1.807) is 36.4 Å². The standard InChI is InChI=1S/C21H24Cl2N2O3/c1-4-27-19-10-16(9-18(23)21(19)28-13-14(2)3)12-24-25-20(26)11-15-5-7-17(22)8-6-15/h5-10,12,14H,4,11,13H2,1-3H3,(H,25,26)/b24-12-. The molecule has 7 heteroatoms. The molecule has 5 nitrogen and oxygen atoms in total. The van der Waals surface area contributed by atoms with Gasteiger partial charge in [0.1, 0.15) is 0 Å². The Morgan fingerprint density at radius 2 is 1.89 bits per heavy atom. The van der Waals surface area contributed by atoms with Crippen molar-refractivity contribution in [3.05, 3.63) is 57.6 Å². The number of nitrogens with zero attached hydrogens (tertiary/aromatic N) is 1. The number of carbonyl (C=O) groups excluding carboxylic acids is 1. The van der Waals surface area contributed by atoms with Crippen LogP contribution in [0.15, 0.2) is 41.5 Å². The van der Waals surface area contributed by atoms with Gasteiger partial charge in [-0.1, -0.05) is 49.2 Å². The maximum absolute atomic E-state index is 12.0. The Kier molecular flexibility index (Phi) is 8.61. The number of hydrogen-bond donors (Lipinski definition) is 1. The van der Waals surface area contributed by atoms with Crippen molar-refractivity contribution in [3.8, 4) is 11.5 Å². The van der Waals surface area contributed by atoms with Gasteiger partial charge in [0.05, 0.1) is 30.9 Å². The molecule has 2 rings (SSSR count). The number of nitrogens with one attached hydrogen (secondary N) is 1. The third-order valence-electron chi connectivity index (χ3n) is 3.57. The predicted octanol–water partition coefficient (Wildman–Crippen LogP) is 5.12. The first-order valence-corrected chi connectivity index (χ1v) is 9.80. The fourth-order valence-corrected chi connectivity index (χ4v) is 2.72. The highest BCUT2D eigenvalue weighted by Crippen LogP contribution is 2.36. The first-order chi connectivity index (χ1) is 13.4. The van der Waals surface area contributed by atoms with Crippen LogP contribution in [0.1, 0.15) is 31.9 Å². The van der Waals surface area contributed by atoms with Crippen molar-refractivity contribution < 1.29 is 14.3 Å².